The summed E-state index contributed by atoms with van der Waals surface area (Å²) < 4.78 is 7.58. The molecule has 2 heterocycles. The Hall–Kier alpha value is -0.870. The van der Waals surface area contributed by atoms with E-state index in [-0.39, 0.29) is 0 Å². The summed E-state index contributed by atoms with van der Waals surface area (Å²) in [5.74, 6) is 0.580. The molecule has 1 N–H and O–H groups in total. The van der Waals surface area contributed by atoms with Crippen LogP contribution in [0.2, 0.25) is 0 Å². The number of aryl methyl sites for hydroxylation is 2. The lowest BCUT2D eigenvalue weighted by Gasteiger charge is -2.23. The number of rotatable bonds is 6. The minimum Gasteiger partial charge on any atom is -0.381 e. The Labute approximate surface area is 110 Å². The number of ether oxygens (including phenoxy) is 1. The van der Waals surface area contributed by atoms with E-state index >= 15 is 0 Å². The topological polar surface area (TPSA) is 39.1 Å². The molecule has 1 fully saturated rings. The molecule has 0 bridgehead atoms. The molecule has 1 aromatic heterocycles. The Kier molecular flexibility index (Phi) is 4.78. The van der Waals surface area contributed by atoms with Gasteiger partial charge in [0, 0.05) is 19.6 Å². The van der Waals surface area contributed by atoms with Crippen LogP contribution < -0.4 is 5.32 Å². The van der Waals surface area contributed by atoms with Gasteiger partial charge in [-0.1, -0.05) is 13.8 Å². The second-order valence-corrected chi connectivity index (χ2v) is 5.09. The van der Waals surface area contributed by atoms with Crippen molar-refractivity contribution in [2.75, 3.05) is 19.8 Å². The smallest absolute Gasteiger partial charge is 0.0625 e. The van der Waals surface area contributed by atoms with Crippen molar-refractivity contribution in [3.8, 4) is 0 Å². The second kappa shape index (κ2) is 6.34. The summed E-state index contributed by atoms with van der Waals surface area (Å²) in [6.45, 7) is 7.17. The van der Waals surface area contributed by atoms with Crippen LogP contribution in [0.15, 0.2) is 6.07 Å². The number of nitrogens with zero attached hydrogens (tertiary/aromatic N) is 2. The summed E-state index contributed by atoms with van der Waals surface area (Å²) in [4.78, 5) is 0. The SMILES string of the molecule is CCCNC(c1cc(CC)nn1C)C1CCOC1. The van der Waals surface area contributed by atoms with E-state index in [2.05, 4.69) is 30.3 Å². The van der Waals surface area contributed by atoms with Gasteiger partial charge in [-0.3, -0.25) is 4.68 Å². The van der Waals surface area contributed by atoms with E-state index in [0.29, 0.717) is 12.0 Å². The first kappa shape index (κ1) is 13.6. The highest BCUT2D eigenvalue weighted by Crippen LogP contribution is 2.29. The molecular weight excluding hydrogens is 226 g/mol. The molecule has 0 saturated carbocycles. The highest BCUT2D eigenvalue weighted by molar-refractivity contribution is 5.15. The molecule has 2 atom stereocenters. The highest BCUT2D eigenvalue weighted by Gasteiger charge is 2.28. The van der Waals surface area contributed by atoms with Crippen LogP contribution in [0.4, 0.5) is 0 Å². The van der Waals surface area contributed by atoms with E-state index in [1.165, 1.54) is 11.4 Å². The van der Waals surface area contributed by atoms with Crippen LogP contribution in [-0.4, -0.2) is 29.5 Å². The Bertz CT molecular complexity index is 369. The standard InChI is InChI=1S/C14H25N3O/c1-4-7-15-14(11-6-8-18-10-11)13-9-12(5-2)16-17(13)3/h9,11,14-15H,4-8,10H2,1-3H3. The molecule has 0 radical (unpaired) electrons. The maximum atomic E-state index is 5.54. The molecule has 0 spiro atoms. The van der Waals surface area contributed by atoms with Crippen molar-refractivity contribution < 1.29 is 4.74 Å². The summed E-state index contributed by atoms with van der Waals surface area (Å²) in [7, 11) is 2.05. The zero-order valence-electron chi connectivity index (χ0n) is 11.8. The van der Waals surface area contributed by atoms with Crippen LogP contribution in [-0.2, 0) is 18.2 Å². The van der Waals surface area contributed by atoms with E-state index < -0.39 is 0 Å². The lowest BCUT2D eigenvalue weighted by atomic mass is 9.95. The summed E-state index contributed by atoms with van der Waals surface area (Å²) in [5.41, 5.74) is 2.48. The van der Waals surface area contributed by atoms with E-state index in [1.54, 1.807) is 0 Å². The van der Waals surface area contributed by atoms with Crippen molar-refractivity contribution in [3.05, 3.63) is 17.5 Å². The summed E-state index contributed by atoms with van der Waals surface area (Å²) in [6.07, 6.45) is 3.30. The molecule has 4 heteroatoms. The van der Waals surface area contributed by atoms with Crippen LogP contribution in [0, 0.1) is 5.92 Å². The number of nitrogens with one attached hydrogen (secondary N) is 1. The number of hydrogen-bond donors (Lipinski definition) is 1. The van der Waals surface area contributed by atoms with Crippen LogP contribution in [0.25, 0.3) is 0 Å². The van der Waals surface area contributed by atoms with E-state index in [4.69, 9.17) is 4.74 Å². The molecule has 1 aliphatic heterocycles. The Morgan fingerprint density at radius 2 is 2.39 bits per heavy atom. The summed E-state index contributed by atoms with van der Waals surface area (Å²) in [6, 6.07) is 2.62. The molecule has 102 valence electrons. The zero-order chi connectivity index (χ0) is 13.0. The molecule has 0 amide bonds. The highest BCUT2D eigenvalue weighted by atomic mass is 16.5. The molecule has 0 aliphatic carbocycles. The molecule has 0 aromatic carbocycles. The van der Waals surface area contributed by atoms with Crippen molar-refractivity contribution in [1.29, 1.82) is 0 Å². The maximum absolute atomic E-state index is 5.54. The monoisotopic (exact) mass is 251 g/mol. The third-order valence-corrected chi connectivity index (χ3v) is 3.70. The first-order chi connectivity index (χ1) is 8.76. The predicted molar refractivity (Wildman–Crippen MR) is 72.5 cm³/mol. The van der Waals surface area contributed by atoms with Crippen LogP contribution in [0.5, 0.6) is 0 Å². The fraction of sp³-hybridized carbons (Fsp3) is 0.786. The molecular formula is C14H25N3O. The third-order valence-electron chi connectivity index (χ3n) is 3.70. The maximum Gasteiger partial charge on any atom is 0.0625 e. The van der Waals surface area contributed by atoms with E-state index in [9.17, 15) is 0 Å². The van der Waals surface area contributed by atoms with E-state index in [1.807, 2.05) is 11.7 Å². The lowest BCUT2D eigenvalue weighted by molar-refractivity contribution is 0.175. The number of aromatic nitrogens is 2. The van der Waals surface area contributed by atoms with Gasteiger partial charge in [0.25, 0.3) is 0 Å². The molecule has 4 nitrogen and oxygen atoms in total. The van der Waals surface area contributed by atoms with Gasteiger partial charge in [-0.2, -0.15) is 5.10 Å². The molecule has 1 saturated heterocycles. The minimum absolute atomic E-state index is 0.380. The van der Waals surface area contributed by atoms with Gasteiger partial charge in [0.2, 0.25) is 0 Å². The average molecular weight is 251 g/mol. The zero-order valence-corrected chi connectivity index (χ0v) is 11.8. The van der Waals surface area contributed by atoms with Gasteiger partial charge in [0.1, 0.15) is 0 Å². The van der Waals surface area contributed by atoms with Crippen LogP contribution in [0.3, 0.4) is 0 Å². The van der Waals surface area contributed by atoms with Crippen molar-refractivity contribution in [2.24, 2.45) is 13.0 Å². The Morgan fingerprint density at radius 3 is 2.94 bits per heavy atom. The first-order valence-electron chi connectivity index (χ1n) is 7.10. The van der Waals surface area contributed by atoms with Crippen molar-refractivity contribution in [2.45, 2.75) is 39.2 Å². The molecule has 1 aromatic rings. The van der Waals surface area contributed by atoms with Crippen LogP contribution >= 0.6 is 0 Å². The molecule has 2 unspecified atom stereocenters. The van der Waals surface area contributed by atoms with Gasteiger partial charge in [-0.15, -0.1) is 0 Å². The fourth-order valence-electron chi connectivity index (χ4n) is 2.64. The van der Waals surface area contributed by atoms with Gasteiger partial charge in [-0.25, -0.2) is 0 Å². The van der Waals surface area contributed by atoms with Gasteiger partial charge in [-0.05, 0) is 31.9 Å². The van der Waals surface area contributed by atoms with Crippen molar-refractivity contribution >= 4 is 0 Å². The summed E-state index contributed by atoms with van der Waals surface area (Å²) >= 11 is 0. The molecule has 2 rings (SSSR count). The number of hydrogen-bond acceptors (Lipinski definition) is 3. The normalized spacial score (nSPS) is 21.4. The third kappa shape index (κ3) is 2.93. The van der Waals surface area contributed by atoms with Gasteiger partial charge in [0.05, 0.1) is 24.0 Å². The van der Waals surface area contributed by atoms with Crippen molar-refractivity contribution in [1.82, 2.24) is 15.1 Å². The molecule has 18 heavy (non-hydrogen) atoms. The summed E-state index contributed by atoms with van der Waals surface area (Å²) in [5, 5.41) is 8.23. The average Bonchev–Trinajstić information content (AvgIpc) is 3.00. The minimum atomic E-state index is 0.380. The largest absolute Gasteiger partial charge is 0.381 e. The predicted octanol–water partition coefficient (Wildman–Crippen LogP) is 2.06. The van der Waals surface area contributed by atoms with Gasteiger partial charge < -0.3 is 10.1 Å². The van der Waals surface area contributed by atoms with Crippen molar-refractivity contribution in [3.63, 3.8) is 0 Å². The van der Waals surface area contributed by atoms with Crippen LogP contribution in [0.1, 0.15) is 44.1 Å². The fourth-order valence-corrected chi connectivity index (χ4v) is 2.64. The lowest BCUT2D eigenvalue weighted by Crippen LogP contribution is -2.31. The quantitative estimate of drug-likeness (QED) is 0.841. The Balaban J connectivity index is 2.17. The first-order valence-corrected chi connectivity index (χ1v) is 7.10. The van der Waals surface area contributed by atoms with Gasteiger partial charge >= 0.3 is 0 Å². The molecule has 1 aliphatic rings. The van der Waals surface area contributed by atoms with E-state index in [0.717, 1.165) is 39.0 Å². The Morgan fingerprint density at radius 1 is 1.56 bits per heavy atom. The van der Waals surface area contributed by atoms with Gasteiger partial charge in [0.15, 0.2) is 0 Å². The second-order valence-electron chi connectivity index (χ2n) is 5.09.